The average molecular weight is 312 g/mol. The van der Waals surface area contributed by atoms with Gasteiger partial charge in [0.2, 0.25) is 10.0 Å². The number of nitrogens with zero attached hydrogens (tertiary/aromatic N) is 2. The van der Waals surface area contributed by atoms with E-state index < -0.39 is 10.0 Å². The number of piperidine rings is 1. The molecule has 1 aromatic rings. The Morgan fingerprint density at radius 3 is 2.71 bits per heavy atom. The Labute approximate surface area is 127 Å². The number of aromatic nitrogens is 1. The molecule has 6 nitrogen and oxygen atoms in total. The minimum Gasteiger partial charge on any atom is -0.387 e. The van der Waals surface area contributed by atoms with E-state index in [1.54, 1.807) is 19.3 Å². The highest BCUT2D eigenvalue weighted by atomic mass is 32.2. The van der Waals surface area contributed by atoms with Crippen LogP contribution in [0.25, 0.3) is 0 Å². The van der Waals surface area contributed by atoms with Gasteiger partial charge in [-0.15, -0.1) is 0 Å². The zero-order chi connectivity index (χ0) is 15.3. The van der Waals surface area contributed by atoms with Gasteiger partial charge in [-0.2, -0.15) is 0 Å². The molecule has 1 fully saturated rings. The molecule has 2 rings (SSSR count). The lowest BCUT2D eigenvalue weighted by Gasteiger charge is -2.31. The van der Waals surface area contributed by atoms with Gasteiger partial charge in [-0.05, 0) is 45.0 Å². The highest BCUT2D eigenvalue weighted by Crippen LogP contribution is 2.20. The van der Waals surface area contributed by atoms with E-state index >= 15 is 0 Å². The molecule has 0 aliphatic carbocycles. The SMILES string of the molecule is CCCN1CCC(NS(=O)(=O)c2cnccc2NC)CC1. The number of rotatable bonds is 6. The summed E-state index contributed by atoms with van der Waals surface area (Å²) in [5.41, 5.74) is 0.570. The molecule has 0 atom stereocenters. The molecule has 0 aromatic carbocycles. The first kappa shape index (κ1) is 16.2. The van der Waals surface area contributed by atoms with Crippen molar-refractivity contribution in [2.24, 2.45) is 0 Å². The lowest BCUT2D eigenvalue weighted by Crippen LogP contribution is -2.44. The molecule has 1 aliphatic heterocycles. The zero-order valence-electron chi connectivity index (χ0n) is 12.7. The van der Waals surface area contributed by atoms with E-state index in [-0.39, 0.29) is 10.9 Å². The number of pyridine rings is 1. The molecule has 2 heterocycles. The Balaban J connectivity index is 2.02. The van der Waals surface area contributed by atoms with Crippen molar-refractivity contribution in [3.8, 4) is 0 Å². The second kappa shape index (κ2) is 7.20. The van der Waals surface area contributed by atoms with E-state index in [1.165, 1.54) is 6.20 Å². The molecular weight excluding hydrogens is 288 g/mol. The molecule has 0 saturated carbocycles. The first-order chi connectivity index (χ1) is 10.1. The van der Waals surface area contributed by atoms with Gasteiger partial charge in [0.1, 0.15) is 4.90 Å². The second-order valence-corrected chi connectivity index (χ2v) is 7.04. The van der Waals surface area contributed by atoms with Gasteiger partial charge in [-0.1, -0.05) is 6.92 Å². The Morgan fingerprint density at radius 1 is 1.38 bits per heavy atom. The van der Waals surface area contributed by atoms with E-state index in [0.29, 0.717) is 5.69 Å². The number of nitrogens with one attached hydrogen (secondary N) is 2. The highest BCUT2D eigenvalue weighted by molar-refractivity contribution is 7.89. The standard InChI is InChI=1S/C14H24N4O2S/c1-3-8-18-9-5-12(6-10-18)17-21(19,20)14-11-16-7-4-13(14)15-2/h4,7,11-12,17H,3,5-6,8-10H2,1-2H3,(H,15,16). The van der Waals surface area contributed by atoms with E-state index in [1.807, 2.05) is 0 Å². The van der Waals surface area contributed by atoms with Crippen LogP contribution in [0.1, 0.15) is 26.2 Å². The maximum absolute atomic E-state index is 12.5. The molecule has 0 spiro atoms. The normalized spacial score (nSPS) is 17.8. The molecule has 2 N–H and O–H groups in total. The highest BCUT2D eigenvalue weighted by Gasteiger charge is 2.25. The molecule has 1 aromatic heterocycles. The smallest absolute Gasteiger partial charge is 0.244 e. The molecule has 1 saturated heterocycles. The predicted octanol–water partition coefficient (Wildman–Crippen LogP) is 1.28. The Hall–Kier alpha value is -1.18. The maximum atomic E-state index is 12.5. The summed E-state index contributed by atoms with van der Waals surface area (Å²) >= 11 is 0. The summed E-state index contributed by atoms with van der Waals surface area (Å²) in [4.78, 5) is 6.52. The molecule has 1 aliphatic rings. The van der Waals surface area contributed by atoms with Gasteiger partial charge in [-0.3, -0.25) is 4.98 Å². The third-order valence-corrected chi connectivity index (χ3v) is 5.34. The summed E-state index contributed by atoms with van der Waals surface area (Å²) in [5, 5.41) is 2.90. The number of hydrogen-bond donors (Lipinski definition) is 2. The van der Waals surface area contributed by atoms with Gasteiger partial charge in [0.15, 0.2) is 0 Å². The summed E-state index contributed by atoms with van der Waals surface area (Å²) in [6, 6.07) is 1.67. The first-order valence-corrected chi connectivity index (χ1v) is 8.91. The van der Waals surface area contributed by atoms with Gasteiger partial charge >= 0.3 is 0 Å². The van der Waals surface area contributed by atoms with Gasteiger partial charge in [-0.25, -0.2) is 13.1 Å². The zero-order valence-corrected chi connectivity index (χ0v) is 13.5. The molecule has 0 amide bonds. The van der Waals surface area contributed by atoms with E-state index in [9.17, 15) is 8.42 Å². The quantitative estimate of drug-likeness (QED) is 0.827. The summed E-state index contributed by atoms with van der Waals surface area (Å²) < 4.78 is 27.8. The van der Waals surface area contributed by atoms with Crippen LogP contribution < -0.4 is 10.0 Å². The fourth-order valence-corrected chi connectivity index (χ4v) is 4.13. The molecule has 0 radical (unpaired) electrons. The van der Waals surface area contributed by atoms with Crippen molar-refractivity contribution in [2.45, 2.75) is 37.1 Å². The van der Waals surface area contributed by atoms with Crippen molar-refractivity contribution in [1.29, 1.82) is 0 Å². The summed E-state index contributed by atoms with van der Waals surface area (Å²) in [6.45, 7) is 5.16. The third kappa shape index (κ3) is 4.15. The molecule has 21 heavy (non-hydrogen) atoms. The van der Waals surface area contributed by atoms with Crippen molar-refractivity contribution in [2.75, 3.05) is 32.0 Å². The van der Waals surface area contributed by atoms with Crippen LogP contribution in [0.2, 0.25) is 0 Å². The second-order valence-electron chi connectivity index (χ2n) is 5.36. The summed E-state index contributed by atoms with van der Waals surface area (Å²) in [5.74, 6) is 0. The Morgan fingerprint density at radius 2 is 2.10 bits per heavy atom. The van der Waals surface area contributed by atoms with Crippen LogP contribution in [-0.2, 0) is 10.0 Å². The van der Waals surface area contributed by atoms with Crippen LogP contribution in [0.15, 0.2) is 23.4 Å². The van der Waals surface area contributed by atoms with Crippen molar-refractivity contribution in [1.82, 2.24) is 14.6 Å². The third-order valence-electron chi connectivity index (χ3n) is 3.79. The average Bonchev–Trinajstić information content (AvgIpc) is 2.49. The topological polar surface area (TPSA) is 74.3 Å². The number of sulfonamides is 1. The van der Waals surface area contributed by atoms with Crippen molar-refractivity contribution in [3.63, 3.8) is 0 Å². The number of anilines is 1. The van der Waals surface area contributed by atoms with Crippen molar-refractivity contribution >= 4 is 15.7 Å². The molecule has 118 valence electrons. The number of likely N-dealkylation sites (tertiary alicyclic amines) is 1. The fraction of sp³-hybridized carbons (Fsp3) is 0.643. The largest absolute Gasteiger partial charge is 0.387 e. The van der Waals surface area contributed by atoms with Crippen molar-refractivity contribution < 1.29 is 8.42 Å². The molecule has 7 heteroatoms. The molecular formula is C14H24N4O2S. The van der Waals surface area contributed by atoms with Gasteiger partial charge in [0.25, 0.3) is 0 Å². The van der Waals surface area contributed by atoms with Crippen LogP contribution in [0, 0.1) is 0 Å². The summed E-state index contributed by atoms with van der Waals surface area (Å²) in [7, 11) is -1.82. The van der Waals surface area contributed by atoms with Crippen LogP contribution in [0.4, 0.5) is 5.69 Å². The Bertz CT molecular complexity index is 554. The van der Waals surface area contributed by atoms with Crippen molar-refractivity contribution in [3.05, 3.63) is 18.5 Å². The molecule has 0 unspecified atom stereocenters. The van der Waals surface area contributed by atoms with Crippen LogP contribution in [0.3, 0.4) is 0 Å². The lowest BCUT2D eigenvalue weighted by atomic mass is 10.1. The van der Waals surface area contributed by atoms with Crippen LogP contribution in [-0.4, -0.2) is 51.0 Å². The first-order valence-electron chi connectivity index (χ1n) is 7.43. The maximum Gasteiger partial charge on any atom is 0.244 e. The number of hydrogen-bond acceptors (Lipinski definition) is 5. The predicted molar refractivity (Wildman–Crippen MR) is 83.9 cm³/mol. The Kier molecular flexibility index (Phi) is 5.55. The fourth-order valence-electron chi connectivity index (χ4n) is 2.67. The van der Waals surface area contributed by atoms with Crippen LogP contribution in [0.5, 0.6) is 0 Å². The lowest BCUT2D eigenvalue weighted by molar-refractivity contribution is 0.208. The summed E-state index contributed by atoms with van der Waals surface area (Å²) in [6.07, 6.45) is 5.81. The van der Waals surface area contributed by atoms with E-state index in [2.05, 4.69) is 26.8 Å². The van der Waals surface area contributed by atoms with Gasteiger partial charge in [0.05, 0.1) is 5.69 Å². The van der Waals surface area contributed by atoms with Crippen LogP contribution >= 0.6 is 0 Å². The van der Waals surface area contributed by atoms with E-state index in [4.69, 9.17) is 0 Å². The minimum atomic E-state index is -3.53. The van der Waals surface area contributed by atoms with Gasteiger partial charge in [0, 0.05) is 25.5 Å². The minimum absolute atomic E-state index is 0.00742. The van der Waals surface area contributed by atoms with Gasteiger partial charge < -0.3 is 10.2 Å². The monoisotopic (exact) mass is 312 g/mol. The van der Waals surface area contributed by atoms with E-state index in [0.717, 1.165) is 38.9 Å². The molecule has 0 bridgehead atoms.